The van der Waals surface area contributed by atoms with Crippen LogP contribution in [0.4, 0.5) is 5.69 Å². The molecule has 0 aliphatic heterocycles. The van der Waals surface area contributed by atoms with Gasteiger partial charge in [0.05, 0.1) is 9.95 Å². The molecule has 0 bridgehead atoms. The normalized spacial score (nSPS) is 10.1. The SMILES string of the molecule is O=Cc1ccc(Oc2ccc([N+](=O)[O-])cc2)c(Cl)c1Cl. The van der Waals surface area contributed by atoms with Crippen LogP contribution in [0, 0.1) is 10.1 Å². The molecule has 0 atom stereocenters. The summed E-state index contributed by atoms with van der Waals surface area (Å²) < 4.78 is 5.47. The Labute approximate surface area is 123 Å². The van der Waals surface area contributed by atoms with Crippen LogP contribution in [0.1, 0.15) is 10.4 Å². The molecule has 0 aromatic heterocycles. The number of carbonyl (C=O) groups is 1. The zero-order valence-corrected chi connectivity index (χ0v) is 11.4. The average molecular weight is 312 g/mol. The molecule has 0 aliphatic rings. The summed E-state index contributed by atoms with van der Waals surface area (Å²) >= 11 is 11.9. The molecule has 20 heavy (non-hydrogen) atoms. The minimum Gasteiger partial charge on any atom is -0.456 e. The highest BCUT2D eigenvalue weighted by molar-refractivity contribution is 6.44. The van der Waals surface area contributed by atoms with Gasteiger partial charge in [-0.1, -0.05) is 23.2 Å². The molecule has 0 saturated carbocycles. The summed E-state index contributed by atoms with van der Waals surface area (Å²) in [7, 11) is 0. The van der Waals surface area contributed by atoms with E-state index in [1.165, 1.54) is 36.4 Å². The third-order valence-corrected chi connectivity index (χ3v) is 3.36. The van der Waals surface area contributed by atoms with Crippen LogP contribution in [0.3, 0.4) is 0 Å². The summed E-state index contributed by atoms with van der Waals surface area (Å²) in [6, 6.07) is 8.47. The molecule has 0 aliphatic carbocycles. The van der Waals surface area contributed by atoms with Gasteiger partial charge in [0.25, 0.3) is 5.69 Å². The number of carbonyl (C=O) groups excluding carboxylic acids is 1. The van der Waals surface area contributed by atoms with E-state index in [0.29, 0.717) is 12.0 Å². The van der Waals surface area contributed by atoms with Gasteiger partial charge in [-0.2, -0.15) is 0 Å². The third-order valence-electron chi connectivity index (χ3n) is 2.48. The lowest BCUT2D eigenvalue weighted by Gasteiger charge is -2.09. The Morgan fingerprint density at radius 1 is 1.05 bits per heavy atom. The van der Waals surface area contributed by atoms with Crippen LogP contribution in [0.5, 0.6) is 11.5 Å². The summed E-state index contributed by atoms with van der Waals surface area (Å²) in [5, 5.41) is 10.7. The molecule has 7 heteroatoms. The van der Waals surface area contributed by atoms with Crippen molar-refractivity contribution in [1.29, 1.82) is 0 Å². The van der Waals surface area contributed by atoms with Crippen molar-refractivity contribution in [2.75, 3.05) is 0 Å². The van der Waals surface area contributed by atoms with Gasteiger partial charge in [-0.3, -0.25) is 14.9 Å². The molecule has 0 saturated heterocycles. The van der Waals surface area contributed by atoms with Crippen LogP contribution in [0.25, 0.3) is 0 Å². The Morgan fingerprint density at radius 2 is 1.70 bits per heavy atom. The number of benzene rings is 2. The molecule has 102 valence electrons. The molecule has 0 unspecified atom stereocenters. The first-order valence-corrected chi connectivity index (χ1v) is 6.14. The minimum atomic E-state index is -0.507. The first kappa shape index (κ1) is 14.3. The molecule has 5 nitrogen and oxygen atoms in total. The van der Waals surface area contributed by atoms with Crippen LogP contribution in [-0.4, -0.2) is 11.2 Å². The summed E-state index contributed by atoms with van der Waals surface area (Å²) in [4.78, 5) is 20.7. The van der Waals surface area contributed by atoms with Crippen LogP contribution >= 0.6 is 23.2 Å². The van der Waals surface area contributed by atoms with Crippen molar-refractivity contribution in [3.8, 4) is 11.5 Å². The van der Waals surface area contributed by atoms with E-state index in [-0.39, 0.29) is 27.0 Å². The second-order valence-corrected chi connectivity index (χ2v) is 4.51. The Morgan fingerprint density at radius 3 is 2.25 bits per heavy atom. The Kier molecular flexibility index (Phi) is 4.22. The summed E-state index contributed by atoms with van der Waals surface area (Å²) in [5.74, 6) is 0.628. The number of nitrogens with zero attached hydrogens (tertiary/aromatic N) is 1. The van der Waals surface area contributed by atoms with Crippen molar-refractivity contribution >= 4 is 35.2 Å². The van der Waals surface area contributed by atoms with E-state index in [2.05, 4.69) is 0 Å². The van der Waals surface area contributed by atoms with Gasteiger partial charge in [-0.25, -0.2) is 0 Å². The summed E-state index contributed by atoms with van der Waals surface area (Å²) in [5.41, 5.74) is 0.213. The maximum atomic E-state index is 10.7. The number of nitro benzene ring substituents is 1. The number of nitro groups is 1. The first-order chi connectivity index (χ1) is 9.52. The zero-order chi connectivity index (χ0) is 14.7. The number of hydrogen-bond donors (Lipinski definition) is 0. The van der Waals surface area contributed by atoms with Gasteiger partial charge in [0.2, 0.25) is 0 Å². The van der Waals surface area contributed by atoms with Crippen LogP contribution in [-0.2, 0) is 0 Å². The highest BCUT2D eigenvalue weighted by atomic mass is 35.5. The first-order valence-electron chi connectivity index (χ1n) is 5.38. The van der Waals surface area contributed by atoms with Gasteiger partial charge >= 0.3 is 0 Å². The lowest BCUT2D eigenvalue weighted by atomic mass is 10.2. The van der Waals surface area contributed by atoms with Crippen molar-refractivity contribution in [3.05, 3.63) is 62.1 Å². The molecule has 0 heterocycles. The lowest BCUT2D eigenvalue weighted by molar-refractivity contribution is -0.384. The fraction of sp³-hybridized carbons (Fsp3) is 0. The van der Waals surface area contributed by atoms with Crippen molar-refractivity contribution < 1.29 is 14.5 Å². The van der Waals surface area contributed by atoms with Gasteiger partial charge < -0.3 is 4.74 Å². The zero-order valence-electron chi connectivity index (χ0n) is 9.88. The second kappa shape index (κ2) is 5.90. The van der Waals surface area contributed by atoms with Gasteiger partial charge in [-0.15, -0.1) is 0 Å². The molecule has 2 rings (SSSR count). The smallest absolute Gasteiger partial charge is 0.269 e. The molecule has 0 N–H and O–H groups in total. The Hall–Kier alpha value is -2.11. The highest BCUT2D eigenvalue weighted by Gasteiger charge is 2.12. The molecule has 2 aromatic rings. The van der Waals surface area contributed by atoms with E-state index in [0.717, 1.165) is 0 Å². The summed E-state index contributed by atoms with van der Waals surface area (Å²) in [6.07, 6.45) is 0.587. The van der Waals surface area contributed by atoms with Gasteiger partial charge in [0.15, 0.2) is 6.29 Å². The van der Waals surface area contributed by atoms with E-state index in [1.807, 2.05) is 0 Å². The molecule has 2 aromatic carbocycles. The minimum absolute atomic E-state index is 0.0437. The van der Waals surface area contributed by atoms with E-state index in [9.17, 15) is 14.9 Å². The number of non-ortho nitro benzene ring substituents is 1. The fourth-order valence-corrected chi connectivity index (χ4v) is 1.89. The van der Waals surface area contributed by atoms with Crippen molar-refractivity contribution in [2.45, 2.75) is 0 Å². The van der Waals surface area contributed by atoms with Gasteiger partial charge in [0.1, 0.15) is 16.5 Å². The monoisotopic (exact) mass is 311 g/mol. The number of halogens is 2. The van der Waals surface area contributed by atoms with Crippen molar-refractivity contribution in [1.82, 2.24) is 0 Å². The quantitative estimate of drug-likeness (QED) is 0.473. The van der Waals surface area contributed by atoms with Gasteiger partial charge in [-0.05, 0) is 24.3 Å². The van der Waals surface area contributed by atoms with Crippen molar-refractivity contribution in [3.63, 3.8) is 0 Å². The fourth-order valence-electron chi connectivity index (χ4n) is 1.48. The third kappa shape index (κ3) is 2.89. The lowest BCUT2D eigenvalue weighted by Crippen LogP contribution is -1.91. The number of aldehydes is 1. The largest absolute Gasteiger partial charge is 0.456 e. The van der Waals surface area contributed by atoms with Crippen LogP contribution in [0.15, 0.2) is 36.4 Å². The summed E-state index contributed by atoms with van der Waals surface area (Å²) in [6.45, 7) is 0. The number of ether oxygens (including phenoxy) is 1. The van der Waals surface area contributed by atoms with E-state index < -0.39 is 4.92 Å². The second-order valence-electron chi connectivity index (χ2n) is 3.75. The maximum absolute atomic E-state index is 10.7. The molecule has 0 fully saturated rings. The molecule has 0 radical (unpaired) electrons. The van der Waals surface area contributed by atoms with Crippen LogP contribution < -0.4 is 4.74 Å². The highest BCUT2D eigenvalue weighted by Crippen LogP contribution is 2.36. The number of hydrogen-bond acceptors (Lipinski definition) is 4. The standard InChI is InChI=1S/C13H7Cl2NO4/c14-12-8(7-17)1-6-11(13(12)15)20-10-4-2-9(3-5-10)16(18)19/h1-7H. The molecular formula is C13H7Cl2NO4. The predicted octanol–water partition coefficient (Wildman–Crippen LogP) is 4.51. The Balaban J connectivity index is 2.28. The van der Waals surface area contributed by atoms with E-state index in [1.54, 1.807) is 0 Å². The molecule has 0 spiro atoms. The topological polar surface area (TPSA) is 69.4 Å². The van der Waals surface area contributed by atoms with E-state index >= 15 is 0 Å². The molecular weight excluding hydrogens is 305 g/mol. The van der Waals surface area contributed by atoms with Gasteiger partial charge in [0, 0.05) is 17.7 Å². The Bertz CT molecular complexity index is 671. The van der Waals surface area contributed by atoms with Crippen LogP contribution in [0.2, 0.25) is 10.0 Å². The number of rotatable bonds is 4. The maximum Gasteiger partial charge on any atom is 0.269 e. The average Bonchev–Trinajstić information content (AvgIpc) is 2.45. The predicted molar refractivity (Wildman–Crippen MR) is 75.0 cm³/mol. The van der Waals surface area contributed by atoms with Crippen molar-refractivity contribution in [2.24, 2.45) is 0 Å². The van der Waals surface area contributed by atoms with E-state index in [4.69, 9.17) is 27.9 Å². The molecule has 0 amide bonds.